The number of amides is 1. The molecule has 0 N–H and O–H groups in total. The Kier molecular flexibility index (Phi) is 6.21. The summed E-state index contributed by atoms with van der Waals surface area (Å²) in [6.45, 7) is 4.21. The Morgan fingerprint density at radius 2 is 1.73 bits per heavy atom. The zero-order chi connectivity index (χ0) is 23.0. The van der Waals surface area contributed by atoms with Gasteiger partial charge in [0.25, 0.3) is 21.8 Å². The number of carbonyl (C=O) groups excluding carboxylic acids is 1. The van der Waals surface area contributed by atoms with Crippen molar-refractivity contribution in [2.45, 2.75) is 32.6 Å². The fourth-order valence-electron chi connectivity index (χ4n) is 4.54. The molecule has 2 aliphatic heterocycles. The van der Waals surface area contributed by atoms with Crippen LogP contribution in [0, 0.1) is 6.92 Å². The van der Waals surface area contributed by atoms with Crippen LogP contribution in [0.25, 0.3) is 21.7 Å². The van der Waals surface area contributed by atoms with Crippen LogP contribution >= 0.6 is 11.3 Å². The number of aromatic nitrogens is 2. The Balaban J connectivity index is 1.36. The number of hydrogen-bond acceptors (Lipinski definition) is 7. The Morgan fingerprint density at radius 1 is 1.03 bits per heavy atom. The molecular formula is C22H27N5O4S2. The van der Waals surface area contributed by atoms with Gasteiger partial charge in [-0.25, -0.2) is 4.98 Å². The van der Waals surface area contributed by atoms with Gasteiger partial charge < -0.3 is 9.42 Å². The van der Waals surface area contributed by atoms with E-state index in [1.165, 1.54) is 15.6 Å². The molecule has 33 heavy (non-hydrogen) atoms. The molecular weight excluding hydrogens is 462 g/mol. The highest BCUT2D eigenvalue weighted by molar-refractivity contribution is 7.86. The second kappa shape index (κ2) is 9.13. The number of carbonyl (C=O) groups is 1. The summed E-state index contributed by atoms with van der Waals surface area (Å²) >= 11 is 1.54. The highest BCUT2D eigenvalue weighted by atomic mass is 32.2. The molecule has 0 aromatic carbocycles. The number of aryl methyl sites for hydroxylation is 1. The molecule has 0 aliphatic carbocycles. The smallest absolute Gasteiger partial charge is 0.282 e. The summed E-state index contributed by atoms with van der Waals surface area (Å²) in [6, 6.07) is 5.67. The van der Waals surface area contributed by atoms with Crippen molar-refractivity contribution in [2.24, 2.45) is 0 Å². The molecule has 2 saturated heterocycles. The van der Waals surface area contributed by atoms with E-state index in [2.05, 4.69) is 10.1 Å². The first-order valence-electron chi connectivity index (χ1n) is 11.3. The molecule has 5 rings (SSSR count). The molecule has 1 amide bonds. The first kappa shape index (κ1) is 22.5. The second-order valence-corrected chi connectivity index (χ2v) is 11.4. The Morgan fingerprint density at radius 3 is 2.39 bits per heavy atom. The number of thiophene rings is 1. The van der Waals surface area contributed by atoms with Crippen molar-refractivity contribution in [2.75, 3.05) is 39.3 Å². The van der Waals surface area contributed by atoms with Crippen LogP contribution in [-0.4, -0.2) is 77.2 Å². The molecule has 0 saturated carbocycles. The van der Waals surface area contributed by atoms with Crippen molar-refractivity contribution in [3.05, 3.63) is 34.8 Å². The molecule has 11 heteroatoms. The van der Waals surface area contributed by atoms with E-state index in [0.29, 0.717) is 67.3 Å². The quantitative estimate of drug-likeness (QED) is 0.558. The Bertz CT molecular complexity index is 1240. The maximum Gasteiger partial charge on any atom is 0.282 e. The predicted molar refractivity (Wildman–Crippen MR) is 126 cm³/mol. The van der Waals surface area contributed by atoms with E-state index in [1.807, 2.05) is 17.5 Å². The zero-order valence-electron chi connectivity index (χ0n) is 18.6. The van der Waals surface area contributed by atoms with Gasteiger partial charge in [-0.1, -0.05) is 24.1 Å². The van der Waals surface area contributed by atoms with Crippen LogP contribution < -0.4 is 0 Å². The molecule has 9 nitrogen and oxygen atoms in total. The monoisotopic (exact) mass is 489 g/mol. The van der Waals surface area contributed by atoms with E-state index in [-0.39, 0.29) is 5.91 Å². The lowest BCUT2D eigenvalue weighted by Crippen LogP contribution is -2.54. The summed E-state index contributed by atoms with van der Waals surface area (Å²) in [5, 5.41) is 6.58. The van der Waals surface area contributed by atoms with Gasteiger partial charge in [-0.05, 0) is 37.3 Å². The standard InChI is InChI=1S/C22H27N5O4S2/c1-16-20-17(15-18(19-7-6-14-32-19)23-21(20)31-24-16)22(28)25-10-12-27(13-11-25)33(29,30)26-8-4-2-3-5-9-26/h6-7,14-15H,2-5,8-13H2,1H3. The highest BCUT2D eigenvalue weighted by Gasteiger charge is 2.34. The van der Waals surface area contributed by atoms with Gasteiger partial charge in [-0.3, -0.25) is 4.79 Å². The van der Waals surface area contributed by atoms with E-state index < -0.39 is 10.2 Å². The summed E-state index contributed by atoms with van der Waals surface area (Å²) < 4.78 is 34.8. The van der Waals surface area contributed by atoms with Crippen molar-refractivity contribution >= 4 is 38.6 Å². The summed E-state index contributed by atoms with van der Waals surface area (Å²) in [5.74, 6) is -0.154. The highest BCUT2D eigenvalue weighted by Crippen LogP contribution is 2.30. The molecule has 2 fully saturated rings. The van der Waals surface area contributed by atoms with E-state index in [4.69, 9.17) is 4.52 Å². The molecule has 2 aliphatic rings. The van der Waals surface area contributed by atoms with Crippen LogP contribution in [0.15, 0.2) is 28.1 Å². The zero-order valence-corrected chi connectivity index (χ0v) is 20.2. The predicted octanol–water partition coefficient (Wildman–Crippen LogP) is 3.14. The molecule has 3 aromatic rings. The van der Waals surface area contributed by atoms with Crippen molar-refractivity contribution in [3.63, 3.8) is 0 Å². The second-order valence-electron chi connectivity index (χ2n) is 8.49. The van der Waals surface area contributed by atoms with Crippen LogP contribution in [0.1, 0.15) is 41.7 Å². The van der Waals surface area contributed by atoms with Gasteiger partial charge >= 0.3 is 0 Å². The van der Waals surface area contributed by atoms with Gasteiger partial charge in [0.15, 0.2) is 0 Å². The molecule has 176 valence electrons. The van der Waals surface area contributed by atoms with Crippen LogP contribution in [0.5, 0.6) is 0 Å². The van der Waals surface area contributed by atoms with Crippen LogP contribution in [0.3, 0.4) is 0 Å². The summed E-state index contributed by atoms with van der Waals surface area (Å²) in [4.78, 5) is 20.7. The molecule has 0 radical (unpaired) electrons. The number of hydrogen-bond donors (Lipinski definition) is 0. The maximum absolute atomic E-state index is 13.5. The molecule has 5 heterocycles. The fourth-order valence-corrected chi connectivity index (χ4v) is 6.90. The number of piperazine rings is 1. The Labute approximate surface area is 197 Å². The van der Waals surface area contributed by atoms with Crippen molar-refractivity contribution in [3.8, 4) is 10.6 Å². The van der Waals surface area contributed by atoms with Gasteiger partial charge in [0.05, 0.1) is 27.2 Å². The molecule has 0 atom stereocenters. The minimum Gasteiger partial charge on any atom is -0.336 e. The van der Waals surface area contributed by atoms with Crippen LogP contribution in [-0.2, 0) is 10.2 Å². The average molecular weight is 490 g/mol. The third-order valence-electron chi connectivity index (χ3n) is 6.36. The lowest BCUT2D eigenvalue weighted by molar-refractivity contribution is 0.0696. The number of pyridine rings is 1. The first-order valence-corrected chi connectivity index (χ1v) is 13.6. The van der Waals surface area contributed by atoms with E-state index in [9.17, 15) is 13.2 Å². The number of fused-ring (bicyclic) bond motifs is 1. The third-order valence-corrected chi connectivity index (χ3v) is 9.29. The molecule has 0 bridgehead atoms. The largest absolute Gasteiger partial charge is 0.336 e. The van der Waals surface area contributed by atoms with Gasteiger partial charge in [0, 0.05) is 39.3 Å². The lowest BCUT2D eigenvalue weighted by Gasteiger charge is -2.36. The average Bonchev–Trinajstić information content (AvgIpc) is 3.40. The summed E-state index contributed by atoms with van der Waals surface area (Å²) in [6.07, 6.45) is 3.95. The van der Waals surface area contributed by atoms with Crippen molar-refractivity contribution in [1.29, 1.82) is 0 Å². The van der Waals surface area contributed by atoms with E-state index in [1.54, 1.807) is 22.2 Å². The van der Waals surface area contributed by atoms with Gasteiger partial charge in [-0.2, -0.15) is 17.0 Å². The number of rotatable bonds is 4. The lowest BCUT2D eigenvalue weighted by atomic mass is 10.1. The van der Waals surface area contributed by atoms with Gasteiger partial charge in [0.1, 0.15) is 0 Å². The first-order chi connectivity index (χ1) is 15.9. The van der Waals surface area contributed by atoms with Crippen LogP contribution in [0.4, 0.5) is 0 Å². The maximum atomic E-state index is 13.5. The molecule has 0 spiro atoms. The van der Waals surface area contributed by atoms with Crippen LogP contribution in [0.2, 0.25) is 0 Å². The summed E-state index contributed by atoms with van der Waals surface area (Å²) in [5.41, 5.74) is 2.11. The normalized spacial score (nSPS) is 19.1. The Hall–Kier alpha value is -2.34. The molecule has 0 unspecified atom stereocenters. The molecule has 3 aromatic heterocycles. The third kappa shape index (κ3) is 4.30. The summed E-state index contributed by atoms with van der Waals surface area (Å²) in [7, 11) is -3.50. The van der Waals surface area contributed by atoms with E-state index >= 15 is 0 Å². The van der Waals surface area contributed by atoms with Crippen molar-refractivity contribution in [1.82, 2.24) is 23.7 Å². The van der Waals surface area contributed by atoms with E-state index in [0.717, 1.165) is 30.6 Å². The van der Waals surface area contributed by atoms with Crippen molar-refractivity contribution < 1.29 is 17.7 Å². The minimum absolute atomic E-state index is 0.154. The SMILES string of the molecule is Cc1noc2nc(-c3cccs3)cc(C(=O)N3CCN(S(=O)(=O)N4CCCCCC4)CC3)c12. The van der Waals surface area contributed by atoms with Gasteiger partial charge in [0.2, 0.25) is 0 Å². The minimum atomic E-state index is -3.50. The topological polar surface area (TPSA) is 99.9 Å². The fraction of sp³-hybridized carbons (Fsp3) is 0.500. The van der Waals surface area contributed by atoms with Gasteiger partial charge in [-0.15, -0.1) is 11.3 Å². The number of nitrogens with zero attached hydrogens (tertiary/aromatic N) is 5.